The van der Waals surface area contributed by atoms with Crippen molar-refractivity contribution < 1.29 is 9.90 Å². The lowest BCUT2D eigenvalue weighted by Gasteiger charge is -2.19. The second-order valence-corrected chi connectivity index (χ2v) is 8.32. The number of fused-ring (bicyclic) bond motifs is 1. The molecule has 1 amide bonds. The van der Waals surface area contributed by atoms with Crippen LogP contribution in [0.15, 0.2) is 60.4 Å². The minimum Gasteiger partial charge on any atom is -0.510 e. The van der Waals surface area contributed by atoms with E-state index in [-0.39, 0.29) is 11.7 Å². The van der Waals surface area contributed by atoms with Crippen molar-refractivity contribution in [2.45, 2.75) is 44.6 Å². The van der Waals surface area contributed by atoms with Gasteiger partial charge in [-0.3, -0.25) is 9.89 Å². The molecular formula is C25H26ClN3O2. The molecule has 1 aromatic heterocycles. The Balaban J connectivity index is 1.63. The summed E-state index contributed by atoms with van der Waals surface area (Å²) in [5, 5.41) is 21.9. The SMILES string of the molecule is O=C(N[C@@H](/C(O)=C/c1cccc(Cl)c1)c1ccccc1)c1n[nH]c2c1CCCCCC2. The molecule has 2 aromatic carbocycles. The first-order valence-corrected chi connectivity index (χ1v) is 11.1. The maximum absolute atomic E-state index is 13.2. The molecule has 3 aromatic rings. The fraction of sp³-hybridized carbons (Fsp3) is 0.280. The molecule has 0 spiro atoms. The smallest absolute Gasteiger partial charge is 0.272 e. The first-order valence-electron chi connectivity index (χ1n) is 10.7. The number of halogens is 1. The van der Waals surface area contributed by atoms with Gasteiger partial charge in [-0.25, -0.2) is 0 Å². The van der Waals surface area contributed by atoms with Gasteiger partial charge in [0.15, 0.2) is 5.69 Å². The Kier molecular flexibility index (Phi) is 6.73. The fourth-order valence-electron chi connectivity index (χ4n) is 4.05. The average Bonchev–Trinajstić information content (AvgIpc) is 3.14. The van der Waals surface area contributed by atoms with Gasteiger partial charge in [0.1, 0.15) is 11.8 Å². The van der Waals surface area contributed by atoms with Crippen LogP contribution in [0.2, 0.25) is 5.02 Å². The number of hydrogen-bond donors (Lipinski definition) is 3. The third-order valence-corrected chi connectivity index (χ3v) is 5.87. The second-order valence-electron chi connectivity index (χ2n) is 7.88. The van der Waals surface area contributed by atoms with Crippen LogP contribution >= 0.6 is 11.6 Å². The van der Waals surface area contributed by atoms with Gasteiger partial charge in [-0.05, 0) is 55.0 Å². The zero-order valence-corrected chi connectivity index (χ0v) is 18.0. The van der Waals surface area contributed by atoms with Crippen LogP contribution in [0.5, 0.6) is 0 Å². The van der Waals surface area contributed by atoms with Crippen molar-refractivity contribution in [3.63, 3.8) is 0 Å². The molecule has 3 N–H and O–H groups in total. The molecule has 1 aliphatic rings. The third kappa shape index (κ3) is 5.17. The van der Waals surface area contributed by atoms with Gasteiger partial charge in [0.2, 0.25) is 0 Å². The lowest BCUT2D eigenvalue weighted by Crippen LogP contribution is -2.31. The number of hydrogen-bond acceptors (Lipinski definition) is 3. The minimum atomic E-state index is -0.700. The molecule has 6 heteroatoms. The monoisotopic (exact) mass is 435 g/mol. The number of nitrogens with one attached hydrogen (secondary N) is 2. The molecule has 1 atom stereocenters. The molecule has 160 valence electrons. The predicted molar refractivity (Wildman–Crippen MR) is 123 cm³/mol. The normalized spacial score (nSPS) is 15.5. The van der Waals surface area contributed by atoms with Crippen molar-refractivity contribution in [2.24, 2.45) is 0 Å². The molecule has 31 heavy (non-hydrogen) atoms. The number of aliphatic hydroxyl groups is 1. The Hall–Kier alpha value is -3.05. The number of rotatable bonds is 5. The molecule has 5 nitrogen and oxygen atoms in total. The Morgan fingerprint density at radius 1 is 1.06 bits per heavy atom. The number of aryl methyl sites for hydroxylation is 1. The van der Waals surface area contributed by atoms with Crippen molar-refractivity contribution in [1.29, 1.82) is 0 Å². The van der Waals surface area contributed by atoms with Gasteiger partial charge in [-0.15, -0.1) is 0 Å². The van der Waals surface area contributed by atoms with Crippen LogP contribution in [0.25, 0.3) is 6.08 Å². The highest BCUT2D eigenvalue weighted by molar-refractivity contribution is 6.30. The van der Waals surface area contributed by atoms with Gasteiger partial charge in [-0.1, -0.05) is 66.9 Å². The number of carbonyl (C=O) groups excluding carboxylic acids is 1. The molecule has 0 bridgehead atoms. The predicted octanol–water partition coefficient (Wildman–Crippen LogP) is 5.79. The van der Waals surface area contributed by atoms with Crippen molar-refractivity contribution in [3.8, 4) is 0 Å². The first kappa shape index (κ1) is 21.2. The van der Waals surface area contributed by atoms with E-state index >= 15 is 0 Å². The van der Waals surface area contributed by atoms with Crippen molar-refractivity contribution in [3.05, 3.63) is 93.5 Å². The van der Waals surface area contributed by atoms with Gasteiger partial charge in [0.25, 0.3) is 5.91 Å². The summed E-state index contributed by atoms with van der Waals surface area (Å²) in [6.07, 6.45) is 7.91. The number of aromatic nitrogens is 2. The van der Waals surface area contributed by atoms with E-state index in [9.17, 15) is 9.90 Å². The van der Waals surface area contributed by atoms with Gasteiger partial charge < -0.3 is 10.4 Å². The van der Waals surface area contributed by atoms with Crippen molar-refractivity contribution in [1.82, 2.24) is 15.5 Å². The maximum atomic E-state index is 13.2. The summed E-state index contributed by atoms with van der Waals surface area (Å²) in [5.74, 6) is -0.266. The molecular weight excluding hydrogens is 410 g/mol. The maximum Gasteiger partial charge on any atom is 0.272 e. The molecule has 0 aliphatic heterocycles. The highest BCUT2D eigenvalue weighted by Gasteiger charge is 2.25. The molecule has 1 aliphatic carbocycles. The zero-order valence-electron chi connectivity index (χ0n) is 17.3. The number of aliphatic hydroxyl groups excluding tert-OH is 1. The summed E-state index contributed by atoms with van der Waals surface area (Å²) in [6, 6.07) is 15.9. The standard InChI is InChI=1S/C25H26ClN3O2/c26-19-12-8-9-17(15-19)16-22(30)23(18-10-4-3-5-11-18)27-25(31)24-20-13-6-1-2-7-14-21(20)28-29-24/h3-5,8-12,15-16,23,30H,1-2,6-7,13-14H2,(H,27,31)(H,28,29)/b22-16-/t23-/m1/s1. The van der Waals surface area contributed by atoms with E-state index in [2.05, 4.69) is 15.5 Å². The highest BCUT2D eigenvalue weighted by Crippen LogP contribution is 2.25. The van der Waals surface area contributed by atoms with Crippen LogP contribution in [-0.2, 0) is 12.8 Å². The number of benzene rings is 2. The summed E-state index contributed by atoms with van der Waals surface area (Å²) in [4.78, 5) is 13.2. The summed E-state index contributed by atoms with van der Waals surface area (Å²) < 4.78 is 0. The Labute approximate surface area is 187 Å². The van der Waals surface area contributed by atoms with E-state index in [1.165, 1.54) is 12.8 Å². The van der Waals surface area contributed by atoms with Crippen LogP contribution in [0, 0.1) is 0 Å². The number of nitrogens with zero attached hydrogens (tertiary/aromatic N) is 1. The number of H-pyrrole nitrogens is 1. The van der Waals surface area contributed by atoms with Crippen molar-refractivity contribution >= 4 is 23.6 Å². The molecule has 0 unspecified atom stereocenters. The quantitative estimate of drug-likeness (QED) is 0.443. The van der Waals surface area contributed by atoms with Crippen LogP contribution in [0.4, 0.5) is 0 Å². The van der Waals surface area contributed by atoms with E-state index in [0.29, 0.717) is 10.7 Å². The van der Waals surface area contributed by atoms with Crippen LogP contribution < -0.4 is 5.32 Å². The van der Waals surface area contributed by atoms with E-state index < -0.39 is 6.04 Å². The average molecular weight is 436 g/mol. The van der Waals surface area contributed by atoms with Gasteiger partial charge in [0, 0.05) is 16.3 Å². The molecule has 4 rings (SSSR count). The summed E-state index contributed by atoms with van der Waals surface area (Å²) in [7, 11) is 0. The highest BCUT2D eigenvalue weighted by atomic mass is 35.5. The van der Waals surface area contributed by atoms with Gasteiger partial charge in [0.05, 0.1) is 0 Å². The van der Waals surface area contributed by atoms with Crippen molar-refractivity contribution in [2.75, 3.05) is 0 Å². The van der Waals surface area contributed by atoms with E-state index in [1.54, 1.807) is 18.2 Å². The van der Waals surface area contributed by atoms with Crippen LogP contribution in [0.3, 0.4) is 0 Å². The Morgan fingerprint density at radius 2 is 1.84 bits per heavy atom. The lowest BCUT2D eigenvalue weighted by molar-refractivity contribution is 0.0927. The molecule has 0 radical (unpaired) electrons. The molecule has 0 saturated heterocycles. The van der Waals surface area contributed by atoms with E-state index in [4.69, 9.17) is 11.6 Å². The van der Waals surface area contributed by atoms with Crippen LogP contribution in [0.1, 0.15) is 64.6 Å². The fourth-order valence-corrected chi connectivity index (χ4v) is 4.24. The topological polar surface area (TPSA) is 78.0 Å². The summed E-state index contributed by atoms with van der Waals surface area (Å²) in [6.45, 7) is 0. The number of amides is 1. The summed E-state index contributed by atoms with van der Waals surface area (Å²) in [5.41, 5.74) is 4.02. The molecule has 1 heterocycles. The van der Waals surface area contributed by atoms with E-state index in [0.717, 1.165) is 48.1 Å². The largest absolute Gasteiger partial charge is 0.510 e. The molecule has 0 fully saturated rings. The summed E-state index contributed by atoms with van der Waals surface area (Å²) >= 11 is 6.08. The second kappa shape index (κ2) is 9.84. The Morgan fingerprint density at radius 3 is 2.61 bits per heavy atom. The number of aromatic amines is 1. The van der Waals surface area contributed by atoms with E-state index in [1.807, 2.05) is 42.5 Å². The first-order chi connectivity index (χ1) is 15.1. The molecule has 0 saturated carbocycles. The minimum absolute atomic E-state index is 0.0280. The van der Waals surface area contributed by atoms with Gasteiger partial charge >= 0.3 is 0 Å². The van der Waals surface area contributed by atoms with Gasteiger partial charge in [-0.2, -0.15) is 5.10 Å². The zero-order chi connectivity index (χ0) is 21.6. The third-order valence-electron chi connectivity index (χ3n) is 5.64. The Bertz CT molecular complexity index is 1080. The van der Waals surface area contributed by atoms with Crippen LogP contribution in [-0.4, -0.2) is 21.2 Å². The number of carbonyl (C=O) groups is 1. The lowest BCUT2D eigenvalue weighted by atomic mass is 9.96.